The molecular formula is C21H33N3O4. The number of piperazine rings is 1. The van der Waals surface area contributed by atoms with Crippen molar-refractivity contribution in [1.82, 2.24) is 15.1 Å². The molecule has 3 rings (SSSR count). The number of carbonyl (C=O) groups is 1. The number of nitrogens with one attached hydrogen (secondary N) is 1. The number of rotatable bonds is 8. The number of carbonyl (C=O) groups excluding carboxylic acids is 1. The second kappa shape index (κ2) is 9.98. The van der Waals surface area contributed by atoms with E-state index in [9.17, 15) is 4.79 Å². The summed E-state index contributed by atoms with van der Waals surface area (Å²) in [7, 11) is 4.87. The molecule has 7 heteroatoms. The van der Waals surface area contributed by atoms with Crippen LogP contribution in [-0.2, 0) is 11.3 Å². The Kier molecular flexibility index (Phi) is 7.39. The minimum absolute atomic E-state index is 0.305. The van der Waals surface area contributed by atoms with Crippen LogP contribution in [0.3, 0.4) is 0 Å². The third kappa shape index (κ3) is 5.08. The van der Waals surface area contributed by atoms with Crippen LogP contribution in [0, 0.1) is 5.92 Å². The lowest BCUT2D eigenvalue weighted by Crippen LogP contribution is -2.48. The van der Waals surface area contributed by atoms with E-state index in [1.807, 2.05) is 17.0 Å². The van der Waals surface area contributed by atoms with Gasteiger partial charge in [0.1, 0.15) is 0 Å². The van der Waals surface area contributed by atoms with Crippen LogP contribution in [0.2, 0.25) is 0 Å². The van der Waals surface area contributed by atoms with Crippen molar-refractivity contribution in [2.75, 3.05) is 60.6 Å². The summed E-state index contributed by atoms with van der Waals surface area (Å²) in [6.07, 6.45) is 2.90. The van der Waals surface area contributed by atoms with Gasteiger partial charge in [-0.05, 0) is 49.5 Å². The third-order valence-corrected chi connectivity index (χ3v) is 5.78. The minimum Gasteiger partial charge on any atom is -0.493 e. The number of ether oxygens (including phenoxy) is 3. The fourth-order valence-electron chi connectivity index (χ4n) is 4.09. The van der Waals surface area contributed by atoms with Crippen LogP contribution in [0.4, 0.5) is 0 Å². The molecule has 156 valence electrons. The van der Waals surface area contributed by atoms with Gasteiger partial charge in [0.05, 0.1) is 21.3 Å². The number of nitrogens with zero attached hydrogens (tertiary/aromatic N) is 2. The summed E-state index contributed by atoms with van der Waals surface area (Å²) in [6.45, 7) is 6.32. The number of amides is 1. The van der Waals surface area contributed by atoms with E-state index in [0.717, 1.165) is 57.8 Å². The Balaban J connectivity index is 1.50. The predicted molar refractivity (Wildman–Crippen MR) is 108 cm³/mol. The smallest absolute Gasteiger partial charge is 0.222 e. The van der Waals surface area contributed by atoms with E-state index in [1.165, 1.54) is 6.42 Å². The Morgan fingerprint density at radius 3 is 2.29 bits per heavy atom. The van der Waals surface area contributed by atoms with Gasteiger partial charge in [0, 0.05) is 39.1 Å². The molecule has 1 atom stereocenters. The van der Waals surface area contributed by atoms with Crippen molar-refractivity contribution in [3.63, 3.8) is 0 Å². The summed E-state index contributed by atoms with van der Waals surface area (Å²) >= 11 is 0. The van der Waals surface area contributed by atoms with E-state index >= 15 is 0 Å². The average Bonchev–Trinajstić information content (AvgIpc) is 3.25. The first kappa shape index (κ1) is 20.7. The molecule has 1 N–H and O–H groups in total. The summed E-state index contributed by atoms with van der Waals surface area (Å²) in [5.74, 6) is 2.94. The second-order valence-electron chi connectivity index (χ2n) is 7.59. The first-order valence-corrected chi connectivity index (χ1v) is 10.1. The molecule has 0 bridgehead atoms. The SMILES string of the molecule is COc1cc(CN2CCN(C(=O)CCC3CCNC3)CC2)cc(OC)c1OC. The van der Waals surface area contributed by atoms with Gasteiger partial charge in [-0.25, -0.2) is 0 Å². The summed E-state index contributed by atoms with van der Waals surface area (Å²) in [6, 6.07) is 3.99. The van der Waals surface area contributed by atoms with Gasteiger partial charge in [-0.3, -0.25) is 9.69 Å². The van der Waals surface area contributed by atoms with Gasteiger partial charge in [-0.1, -0.05) is 0 Å². The van der Waals surface area contributed by atoms with Gasteiger partial charge in [0.25, 0.3) is 0 Å². The number of methoxy groups -OCH3 is 3. The summed E-state index contributed by atoms with van der Waals surface area (Å²) in [5, 5.41) is 3.37. The Morgan fingerprint density at radius 2 is 1.75 bits per heavy atom. The van der Waals surface area contributed by atoms with Crippen molar-refractivity contribution in [3.8, 4) is 17.2 Å². The van der Waals surface area contributed by atoms with E-state index in [4.69, 9.17) is 14.2 Å². The molecule has 7 nitrogen and oxygen atoms in total. The Bertz CT molecular complexity index is 628. The Hall–Kier alpha value is -1.99. The van der Waals surface area contributed by atoms with Crippen LogP contribution < -0.4 is 19.5 Å². The maximum Gasteiger partial charge on any atom is 0.222 e. The predicted octanol–water partition coefficient (Wildman–Crippen LogP) is 1.75. The van der Waals surface area contributed by atoms with Gasteiger partial charge in [-0.15, -0.1) is 0 Å². The monoisotopic (exact) mass is 391 g/mol. The van der Waals surface area contributed by atoms with Crippen molar-refractivity contribution in [1.29, 1.82) is 0 Å². The number of hydrogen-bond acceptors (Lipinski definition) is 6. The molecule has 1 unspecified atom stereocenters. The molecule has 0 aromatic heterocycles. The first-order valence-electron chi connectivity index (χ1n) is 10.1. The zero-order valence-electron chi connectivity index (χ0n) is 17.3. The van der Waals surface area contributed by atoms with Crippen LogP contribution in [0.5, 0.6) is 17.2 Å². The standard InChI is InChI=1S/C21H33N3O4/c1-26-18-12-17(13-19(27-2)21(18)28-3)15-23-8-10-24(11-9-23)20(25)5-4-16-6-7-22-14-16/h12-13,16,22H,4-11,14-15H2,1-3H3. The number of benzene rings is 1. The lowest BCUT2D eigenvalue weighted by atomic mass is 10.0. The molecule has 28 heavy (non-hydrogen) atoms. The third-order valence-electron chi connectivity index (χ3n) is 5.78. The summed E-state index contributed by atoms with van der Waals surface area (Å²) < 4.78 is 16.3. The highest BCUT2D eigenvalue weighted by Gasteiger charge is 2.23. The molecule has 0 saturated carbocycles. The largest absolute Gasteiger partial charge is 0.493 e. The fraction of sp³-hybridized carbons (Fsp3) is 0.667. The summed E-state index contributed by atoms with van der Waals surface area (Å²) in [5.41, 5.74) is 1.11. The van der Waals surface area contributed by atoms with Gasteiger partial charge in [0.15, 0.2) is 11.5 Å². The highest BCUT2D eigenvalue weighted by atomic mass is 16.5. The molecule has 1 amide bonds. The lowest BCUT2D eigenvalue weighted by molar-refractivity contribution is -0.133. The molecule has 1 aromatic rings. The van der Waals surface area contributed by atoms with Crippen molar-refractivity contribution >= 4 is 5.91 Å². The molecule has 2 aliphatic heterocycles. The molecule has 0 radical (unpaired) electrons. The maximum absolute atomic E-state index is 12.5. The average molecular weight is 392 g/mol. The van der Waals surface area contributed by atoms with E-state index < -0.39 is 0 Å². The molecule has 2 heterocycles. The quantitative estimate of drug-likeness (QED) is 0.728. The van der Waals surface area contributed by atoms with E-state index in [2.05, 4.69) is 10.2 Å². The second-order valence-corrected chi connectivity index (χ2v) is 7.59. The molecule has 0 aliphatic carbocycles. The fourth-order valence-corrected chi connectivity index (χ4v) is 4.09. The van der Waals surface area contributed by atoms with Crippen molar-refractivity contribution in [2.45, 2.75) is 25.8 Å². The van der Waals surface area contributed by atoms with E-state index in [-0.39, 0.29) is 0 Å². The molecule has 1 aromatic carbocycles. The molecular weight excluding hydrogens is 358 g/mol. The zero-order chi connectivity index (χ0) is 19.9. The topological polar surface area (TPSA) is 63.3 Å². The minimum atomic E-state index is 0.305. The summed E-state index contributed by atoms with van der Waals surface area (Å²) in [4.78, 5) is 16.9. The van der Waals surface area contributed by atoms with Crippen LogP contribution in [0.15, 0.2) is 12.1 Å². The lowest BCUT2D eigenvalue weighted by Gasteiger charge is -2.35. The Labute approximate surface area is 167 Å². The molecule has 2 aliphatic rings. The normalized spacial score (nSPS) is 20.2. The first-order chi connectivity index (χ1) is 13.6. The van der Waals surface area contributed by atoms with Gasteiger partial charge >= 0.3 is 0 Å². The van der Waals surface area contributed by atoms with Gasteiger partial charge < -0.3 is 24.4 Å². The molecule has 2 fully saturated rings. The van der Waals surface area contributed by atoms with Crippen LogP contribution in [0.1, 0.15) is 24.8 Å². The molecule has 2 saturated heterocycles. The van der Waals surface area contributed by atoms with Crippen LogP contribution in [0.25, 0.3) is 0 Å². The van der Waals surface area contributed by atoms with Gasteiger partial charge in [0.2, 0.25) is 11.7 Å². The van der Waals surface area contributed by atoms with E-state index in [1.54, 1.807) is 21.3 Å². The Morgan fingerprint density at radius 1 is 1.07 bits per heavy atom. The number of hydrogen-bond donors (Lipinski definition) is 1. The van der Waals surface area contributed by atoms with Gasteiger partial charge in [-0.2, -0.15) is 0 Å². The molecule has 0 spiro atoms. The van der Waals surface area contributed by atoms with Crippen molar-refractivity contribution in [3.05, 3.63) is 17.7 Å². The highest BCUT2D eigenvalue weighted by Crippen LogP contribution is 2.38. The zero-order valence-corrected chi connectivity index (χ0v) is 17.3. The van der Waals surface area contributed by atoms with E-state index in [0.29, 0.717) is 35.5 Å². The van der Waals surface area contributed by atoms with Crippen molar-refractivity contribution in [2.24, 2.45) is 5.92 Å². The van der Waals surface area contributed by atoms with Crippen LogP contribution >= 0.6 is 0 Å². The highest BCUT2D eigenvalue weighted by molar-refractivity contribution is 5.76. The van der Waals surface area contributed by atoms with Crippen LogP contribution in [-0.4, -0.2) is 76.3 Å². The van der Waals surface area contributed by atoms with Crippen molar-refractivity contribution < 1.29 is 19.0 Å². The maximum atomic E-state index is 12.5.